The van der Waals surface area contributed by atoms with Crippen molar-refractivity contribution in [1.29, 1.82) is 0 Å². The highest BCUT2D eigenvalue weighted by molar-refractivity contribution is 7.86. The van der Waals surface area contributed by atoms with Gasteiger partial charge in [-0.1, -0.05) is 0 Å². The Labute approximate surface area is 172 Å². The smallest absolute Gasteiger partial charge is 0.277 e. The molecule has 1 spiro atoms. The number of fused-ring (bicyclic) bond motifs is 1. The van der Waals surface area contributed by atoms with E-state index in [4.69, 9.17) is 14.6 Å². The van der Waals surface area contributed by atoms with Crippen LogP contribution in [0.15, 0.2) is 18.3 Å². The lowest BCUT2D eigenvalue weighted by Crippen LogP contribution is -2.68. The third kappa shape index (κ3) is 3.63. The molecule has 1 saturated carbocycles. The Morgan fingerprint density at radius 2 is 1.90 bits per heavy atom. The number of rotatable bonds is 7. The molecule has 0 bridgehead atoms. The third-order valence-corrected chi connectivity index (χ3v) is 7.01. The van der Waals surface area contributed by atoms with Crippen molar-refractivity contribution in [1.82, 2.24) is 14.5 Å². The predicted octanol–water partition coefficient (Wildman–Crippen LogP) is 1.39. The van der Waals surface area contributed by atoms with Gasteiger partial charge < -0.3 is 14.4 Å². The van der Waals surface area contributed by atoms with Crippen LogP contribution >= 0.6 is 0 Å². The molecule has 9 nitrogen and oxygen atoms in total. The van der Waals surface area contributed by atoms with Crippen LogP contribution in [0.4, 0.5) is 14.5 Å². The van der Waals surface area contributed by atoms with Crippen molar-refractivity contribution in [2.24, 2.45) is 10.6 Å². The average Bonchev–Trinajstić information content (AvgIpc) is 2.62. The molecule has 0 atom stereocenters. The quantitative estimate of drug-likeness (QED) is 0.688. The Morgan fingerprint density at radius 1 is 1.27 bits per heavy atom. The van der Waals surface area contributed by atoms with E-state index in [9.17, 15) is 17.2 Å². The van der Waals surface area contributed by atoms with Gasteiger partial charge in [-0.15, -0.1) is 0 Å². The van der Waals surface area contributed by atoms with E-state index < -0.39 is 29.2 Å². The van der Waals surface area contributed by atoms with Crippen molar-refractivity contribution in [2.45, 2.75) is 25.3 Å². The Hall–Kier alpha value is -2.31. The first-order valence-corrected chi connectivity index (χ1v) is 10.9. The number of nitrogens with zero attached hydrogens (tertiary/aromatic N) is 4. The van der Waals surface area contributed by atoms with E-state index in [1.54, 1.807) is 26.5 Å². The van der Waals surface area contributed by atoms with E-state index >= 15 is 0 Å². The fraction of sp³-hybridized carbons (Fsp3) is 0.556. The van der Waals surface area contributed by atoms with Gasteiger partial charge in [-0.2, -0.15) is 22.9 Å². The molecule has 1 saturated heterocycles. The zero-order valence-corrected chi connectivity index (χ0v) is 17.4. The molecular formula is C18H23F2N5O4S. The van der Waals surface area contributed by atoms with Crippen molar-refractivity contribution < 1.29 is 26.7 Å². The van der Waals surface area contributed by atoms with Gasteiger partial charge in [0.25, 0.3) is 16.6 Å². The van der Waals surface area contributed by atoms with E-state index in [0.29, 0.717) is 42.9 Å². The second-order valence-electron chi connectivity index (χ2n) is 7.88. The molecule has 0 unspecified atom stereocenters. The van der Waals surface area contributed by atoms with Crippen LogP contribution in [0.5, 0.6) is 11.5 Å². The van der Waals surface area contributed by atoms with Crippen LogP contribution in [-0.2, 0) is 10.2 Å². The molecule has 1 aliphatic heterocycles. The highest BCUT2D eigenvalue weighted by atomic mass is 32.2. The summed E-state index contributed by atoms with van der Waals surface area (Å²) < 4.78 is 60.3. The van der Waals surface area contributed by atoms with Crippen molar-refractivity contribution in [2.75, 3.05) is 38.8 Å². The highest BCUT2D eigenvalue weighted by Crippen LogP contribution is 2.52. The number of benzene rings is 1. The molecule has 164 valence electrons. The number of nitrogens with two attached hydrogens (primary N) is 1. The van der Waals surface area contributed by atoms with Crippen molar-refractivity contribution >= 4 is 26.8 Å². The minimum Gasteiger partial charge on any atom is -0.493 e. The molecule has 2 aromatic rings. The highest BCUT2D eigenvalue weighted by Gasteiger charge is 2.55. The summed E-state index contributed by atoms with van der Waals surface area (Å²) in [5.74, 6) is 1.13. The fourth-order valence-electron chi connectivity index (χ4n) is 4.56. The molecular weight excluding hydrogens is 420 g/mol. The normalized spacial score (nSPS) is 18.7. The number of alkyl halides is 2. The van der Waals surface area contributed by atoms with E-state index in [1.165, 1.54) is 0 Å². The van der Waals surface area contributed by atoms with Crippen LogP contribution in [0.1, 0.15) is 12.8 Å². The molecule has 2 fully saturated rings. The van der Waals surface area contributed by atoms with Gasteiger partial charge in [0.1, 0.15) is 0 Å². The summed E-state index contributed by atoms with van der Waals surface area (Å²) >= 11 is 0. The van der Waals surface area contributed by atoms with Gasteiger partial charge in [0, 0.05) is 36.0 Å². The maximum Gasteiger partial charge on any atom is 0.277 e. The molecule has 12 heteroatoms. The number of halogens is 2. The Balaban J connectivity index is 1.50. The van der Waals surface area contributed by atoms with Gasteiger partial charge in [0.2, 0.25) is 0 Å². The van der Waals surface area contributed by atoms with Crippen molar-refractivity contribution in [3.8, 4) is 11.5 Å². The van der Waals surface area contributed by atoms with Gasteiger partial charge in [-0.25, -0.2) is 13.9 Å². The molecule has 2 heterocycles. The van der Waals surface area contributed by atoms with Crippen LogP contribution in [0.3, 0.4) is 0 Å². The number of hydrogen-bond donors (Lipinski definition) is 1. The van der Waals surface area contributed by atoms with E-state index in [1.807, 2.05) is 6.07 Å². The topological polar surface area (TPSA) is 111 Å². The molecule has 1 aromatic heterocycles. The molecule has 2 aliphatic rings. The lowest BCUT2D eigenvalue weighted by Gasteiger charge is -2.61. The van der Waals surface area contributed by atoms with Crippen LogP contribution in [0, 0.1) is 5.41 Å². The fourth-order valence-corrected chi connectivity index (χ4v) is 5.44. The maximum absolute atomic E-state index is 12.8. The summed E-state index contributed by atoms with van der Waals surface area (Å²) in [6, 6.07) is 3.11. The van der Waals surface area contributed by atoms with E-state index in [0.717, 1.165) is 15.4 Å². The standard InChI is InChI=1S/C18H23F2N5O4S/c1-28-15-3-12-13(4-16(15)29-2)23-22-7-14(12)24-9-18(10-24)5-11(6-18)25(8-17(19)20)30(21,26)27/h3-4,7,11,17H,5-6,8-10H2,1-2H3,(H2,21,26,27). The number of aromatic nitrogens is 2. The first-order valence-electron chi connectivity index (χ1n) is 9.36. The molecule has 30 heavy (non-hydrogen) atoms. The van der Waals surface area contributed by atoms with Crippen LogP contribution < -0.4 is 19.5 Å². The zero-order valence-electron chi connectivity index (χ0n) is 16.6. The molecule has 0 amide bonds. The lowest BCUT2D eigenvalue weighted by molar-refractivity contribution is -0.00405. The van der Waals surface area contributed by atoms with Gasteiger partial charge in [-0.3, -0.25) is 0 Å². The summed E-state index contributed by atoms with van der Waals surface area (Å²) in [6.45, 7) is 0.474. The minimum absolute atomic E-state index is 0.109. The maximum atomic E-state index is 12.8. The van der Waals surface area contributed by atoms with Gasteiger partial charge in [-0.05, 0) is 18.9 Å². The summed E-state index contributed by atoms with van der Waals surface area (Å²) in [5, 5.41) is 14.2. The lowest BCUT2D eigenvalue weighted by atomic mass is 9.60. The molecule has 1 aliphatic carbocycles. The second-order valence-corrected chi connectivity index (χ2v) is 9.38. The average molecular weight is 443 g/mol. The van der Waals surface area contributed by atoms with Crippen molar-refractivity contribution in [3.05, 3.63) is 18.3 Å². The van der Waals surface area contributed by atoms with Gasteiger partial charge >= 0.3 is 0 Å². The van der Waals surface area contributed by atoms with E-state index in [-0.39, 0.29) is 5.41 Å². The van der Waals surface area contributed by atoms with Crippen LogP contribution in [-0.4, -0.2) is 69.2 Å². The zero-order chi connectivity index (χ0) is 21.7. The summed E-state index contributed by atoms with van der Waals surface area (Å²) in [5.41, 5.74) is 1.43. The predicted molar refractivity (Wildman–Crippen MR) is 106 cm³/mol. The van der Waals surface area contributed by atoms with Crippen LogP contribution in [0.25, 0.3) is 10.9 Å². The molecule has 1 aromatic carbocycles. The monoisotopic (exact) mass is 443 g/mol. The van der Waals surface area contributed by atoms with Gasteiger partial charge in [0.05, 0.1) is 38.2 Å². The molecule has 2 N–H and O–H groups in total. The van der Waals surface area contributed by atoms with Gasteiger partial charge in [0.15, 0.2) is 11.5 Å². The largest absolute Gasteiger partial charge is 0.493 e. The first-order chi connectivity index (χ1) is 14.2. The van der Waals surface area contributed by atoms with E-state index in [2.05, 4.69) is 15.1 Å². The first kappa shape index (κ1) is 20.9. The Bertz CT molecular complexity index is 1050. The number of methoxy groups -OCH3 is 2. The minimum atomic E-state index is -4.17. The van der Waals surface area contributed by atoms with Crippen LogP contribution in [0.2, 0.25) is 0 Å². The van der Waals surface area contributed by atoms with Crippen molar-refractivity contribution in [3.63, 3.8) is 0 Å². The number of ether oxygens (including phenoxy) is 2. The Morgan fingerprint density at radius 3 is 2.47 bits per heavy atom. The molecule has 0 radical (unpaired) electrons. The second kappa shape index (κ2) is 7.43. The Kier molecular flexibility index (Phi) is 5.19. The number of hydrogen-bond acceptors (Lipinski definition) is 7. The number of anilines is 1. The summed E-state index contributed by atoms with van der Waals surface area (Å²) in [6.07, 6.45) is -0.0930. The summed E-state index contributed by atoms with van der Waals surface area (Å²) in [7, 11) is -1.06. The molecule has 4 rings (SSSR count). The third-order valence-electron chi connectivity index (χ3n) is 5.91. The SMILES string of the molecule is COc1cc2nncc(N3CC4(CC(N(CC(F)F)S(N)(=O)=O)C4)C3)c2cc1OC. The summed E-state index contributed by atoms with van der Waals surface area (Å²) in [4.78, 5) is 2.12.